The van der Waals surface area contributed by atoms with Crippen LogP contribution in [0.15, 0.2) is 60.3 Å². The smallest absolute Gasteiger partial charge is 0.191 e. The molecule has 2 aromatic carbocycles. The Morgan fingerprint density at radius 2 is 1.93 bits per heavy atom. The van der Waals surface area contributed by atoms with Crippen LogP contribution in [0.2, 0.25) is 5.02 Å². The van der Waals surface area contributed by atoms with Crippen LogP contribution >= 0.6 is 23.4 Å². The van der Waals surface area contributed by atoms with Gasteiger partial charge in [-0.25, -0.2) is 0 Å². The molecule has 0 N–H and O–H groups in total. The Kier molecular flexibility index (Phi) is 6.81. The van der Waals surface area contributed by atoms with E-state index in [4.69, 9.17) is 16.3 Å². The summed E-state index contributed by atoms with van der Waals surface area (Å²) in [6.07, 6.45) is 1.60. The Labute approximate surface area is 175 Å². The summed E-state index contributed by atoms with van der Waals surface area (Å²) in [7, 11) is 0. The van der Waals surface area contributed by atoms with Crippen molar-refractivity contribution in [3.63, 3.8) is 0 Å². The topological polar surface area (TPSA) is 39.9 Å². The molecule has 0 aliphatic rings. The van der Waals surface area contributed by atoms with Gasteiger partial charge in [0, 0.05) is 17.3 Å². The van der Waals surface area contributed by atoms with Crippen molar-refractivity contribution in [1.82, 2.24) is 14.8 Å². The van der Waals surface area contributed by atoms with Gasteiger partial charge in [-0.3, -0.25) is 4.57 Å². The highest BCUT2D eigenvalue weighted by Gasteiger charge is 2.19. The molecule has 4 nitrogen and oxygen atoms in total. The van der Waals surface area contributed by atoms with Crippen molar-refractivity contribution in [3.05, 3.63) is 82.7 Å². The fourth-order valence-corrected chi connectivity index (χ4v) is 3.82. The first-order valence-electron chi connectivity index (χ1n) is 9.13. The van der Waals surface area contributed by atoms with Gasteiger partial charge in [-0.2, -0.15) is 0 Å². The molecule has 1 heterocycles. The molecule has 0 saturated heterocycles. The van der Waals surface area contributed by atoms with Gasteiger partial charge in [0.05, 0.1) is 0 Å². The first-order valence-corrected chi connectivity index (χ1v) is 10.5. The zero-order chi connectivity index (χ0) is 20.1. The summed E-state index contributed by atoms with van der Waals surface area (Å²) in [6.45, 7) is 10.5. The van der Waals surface area contributed by atoms with E-state index in [1.54, 1.807) is 11.8 Å². The zero-order valence-corrected chi connectivity index (χ0v) is 17.9. The lowest BCUT2D eigenvalue weighted by atomic mass is 10.2. The summed E-state index contributed by atoms with van der Waals surface area (Å²) in [4.78, 5) is 0. The fraction of sp³-hybridized carbons (Fsp3) is 0.273. The number of hydrogen-bond donors (Lipinski definition) is 0. The quantitative estimate of drug-likeness (QED) is 0.327. The summed E-state index contributed by atoms with van der Waals surface area (Å²) < 4.78 is 8.14. The third-order valence-electron chi connectivity index (χ3n) is 4.35. The maximum absolute atomic E-state index is 6.10. The Hall–Kier alpha value is -2.24. The van der Waals surface area contributed by atoms with Crippen LogP contribution < -0.4 is 4.74 Å². The number of benzene rings is 2. The maximum Gasteiger partial charge on any atom is 0.191 e. The number of nitrogens with zero attached hydrogens (tertiary/aromatic N) is 3. The molecule has 6 heteroatoms. The van der Waals surface area contributed by atoms with Gasteiger partial charge < -0.3 is 4.74 Å². The summed E-state index contributed by atoms with van der Waals surface area (Å²) in [6, 6.07) is 14.2. The number of thioether (sulfide) groups is 1. The number of ether oxygens (including phenoxy) is 1. The zero-order valence-electron chi connectivity index (χ0n) is 16.4. The van der Waals surface area contributed by atoms with Gasteiger partial charge in [-0.1, -0.05) is 59.3 Å². The van der Waals surface area contributed by atoms with Crippen molar-refractivity contribution in [2.45, 2.75) is 44.3 Å². The van der Waals surface area contributed by atoms with Crippen LogP contribution in [0.25, 0.3) is 0 Å². The molecule has 0 bridgehead atoms. The summed E-state index contributed by atoms with van der Waals surface area (Å²) >= 11 is 7.77. The van der Waals surface area contributed by atoms with E-state index in [2.05, 4.69) is 52.5 Å². The van der Waals surface area contributed by atoms with Gasteiger partial charge in [0.1, 0.15) is 5.75 Å². The molecule has 0 amide bonds. The Bertz CT molecular complexity index is 953. The van der Waals surface area contributed by atoms with Gasteiger partial charge in [-0.05, 0) is 50.1 Å². The van der Waals surface area contributed by atoms with Crippen LogP contribution in [0.1, 0.15) is 35.5 Å². The van der Waals surface area contributed by atoms with Crippen LogP contribution in [0.5, 0.6) is 5.75 Å². The molecule has 3 rings (SSSR count). The molecule has 0 aliphatic carbocycles. The van der Waals surface area contributed by atoms with Crippen LogP contribution in [0.3, 0.4) is 0 Å². The highest BCUT2D eigenvalue weighted by Crippen LogP contribution is 2.28. The molecule has 146 valence electrons. The van der Waals surface area contributed by atoms with E-state index in [0.29, 0.717) is 6.54 Å². The van der Waals surface area contributed by atoms with E-state index in [1.165, 1.54) is 11.1 Å². The van der Waals surface area contributed by atoms with Crippen molar-refractivity contribution in [2.75, 3.05) is 0 Å². The first-order chi connectivity index (χ1) is 13.5. The molecular formula is C22H24ClN3OS. The molecule has 0 spiro atoms. The van der Waals surface area contributed by atoms with Gasteiger partial charge in [0.2, 0.25) is 0 Å². The molecule has 1 unspecified atom stereocenters. The number of hydrogen-bond acceptors (Lipinski definition) is 4. The lowest BCUT2D eigenvalue weighted by molar-refractivity contribution is 0.210. The predicted molar refractivity (Wildman–Crippen MR) is 116 cm³/mol. The number of rotatable bonds is 8. The van der Waals surface area contributed by atoms with Crippen LogP contribution in [0, 0.1) is 13.8 Å². The van der Waals surface area contributed by atoms with Crippen molar-refractivity contribution in [1.29, 1.82) is 0 Å². The second-order valence-corrected chi connectivity index (χ2v) is 8.04. The van der Waals surface area contributed by atoms with Crippen LogP contribution in [0.4, 0.5) is 0 Å². The minimum absolute atomic E-state index is 0.248. The SMILES string of the molecule is C=CCn1c(SCc2ccc(C)cc2)nnc1C(C)Oc1ccc(Cl)c(C)c1. The molecule has 0 saturated carbocycles. The van der Waals surface area contributed by atoms with Crippen molar-refractivity contribution in [2.24, 2.45) is 0 Å². The van der Waals surface area contributed by atoms with Crippen molar-refractivity contribution in [3.8, 4) is 5.75 Å². The van der Waals surface area contributed by atoms with Crippen molar-refractivity contribution < 1.29 is 4.74 Å². The summed E-state index contributed by atoms with van der Waals surface area (Å²) in [5.41, 5.74) is 3.49. The molecule has 0 aliphatic heterocycles. The monoisotopic (exact) mass is 413 g/mol. The van der Waals surface area contributed by atoms with Gasteiger partial charge >= 0.3 is 0 Å². The summed E-state index contributed by atoms with van der Waals surface area (Å²) in [5.74, 6) is 2.37. The van der Waals surface area contributed by atoms with E-state index in [9.17, 15) is 0 Å². The number of aryl methyl sites for hydroxylation is 2. The van der Waals surface area contributed by atoms with Crippen molar-refractivity contribution >= 4 is 23.4 Å². The lowest BCUT2D eigenvalue weighted by Crippen LogP contribution is -2.12. The van der Waals surface area contributed by atoms with Crippen LogP contribution in [-0.2, 0) is 12.3 Å². The highest BCUT2D eigenvalue weighted by atomic mass is 35.5. The normalized spacial score (nSPS) is 12.0. The van der Waals surface area contributed by atoms with Crippen LogP contribution in [-0.4, -0.2) is 14.8 Å². The second kappa shape index (κ2) is 9.30. The summed E-state index contributed by atoms with van der Waals surface area (Å²) in [5, 5.41) is 10.4. The average molecular weight is 414 g/mol. The molecule has 3 aromatic rings. The molecule has 1 aromatic heterocycles. The molecule has 0 fully saturated rings. The van der Waals surface area contributed by atoms with E-state index in [-0.39, 0.29) is 6.10 Å². The molecule has 28 heavy (non-hydrogen) atoms. The van der Waals surface area contributed by atoms with E-state index < -0.39 is 0 Å². The first kappa shape index (κ1) is 20.5. The second-order valence-electron chi connectivity index (χ2n) is 6.69. The van der Waals surface area contributed by atoms with Gasteiger partial charge in [0.25, 0.3) is 0 Å². The van der Waals surface area contributed by atoms with Gasteiger partial charge in [-0.15, -0.1) is 16.8 Å². The Balaban J connectivity index is 1.75. The number of halogens is 1. The van der Waals surface area contributed by atoms with E-state index in [1.807, 2.05) is 38.1 Å². The average Bonchev–Trinajstić information content (AvgIpc) is 3.07. The molecular weight excluding hydrogens is 390 g/mol. The number of allylic oxidation sites excluding steroid dienone is 1. The fourth-order valence-electron chi connectivity index (χ4n) is 2.79. The standard InChI is InChI=1S/C22H24ClN3OS/c1-5-12-26-21(17(4)27-19-10-11-20(23)16(3)13-19)24-25-22(26)28-14-18-8-6-15(2)7-9-18/h5-11,13,17H,1,12,14H2,2-4H3. The Morgan fingerprint density at radius 3 is 2.61 bits per heavy atom. The lowest BCUT2D eigenvalue weighted by Gasteiger charge is -2.16. The Morgan fingerprint density at radius 1 is 1.18 bits per heavy atom. The minimum atomic E-state index is -0.248. The molecule has 0 radical (unpaired) electrons. The van der Waals surface area contributed by atoms with E-state index >= 15 is 0 Å². The third kappa shape index (κ3) is 4.97. The highest BCUT2D eigenvalue weighted by molar-refractivity contribution is 7.98. The largest absolute Gasteiger partial charge is 0.483 e. The number of aromatic nitrogens is 3. The predicted octanol–water partition coefficient (Wildman–Crippen LogP) is 6.17. The maximum atomic E-state index is 6.10. The third-order valence-corrected chi connectivity index (χ3v) is 5.81. The van der Waals surface area contributed by atoms with Gasteiger partial charge in [0.15, 0.2) is 17.1 Å². The van der Waals surface area contributed by atoms with E-state index in [0.717, 1.165) is 33.1 Å². The minimum Gasteiger partial charge on any atom is -0.483 e. The molecule has 1 atom stereocenters.